The minimum atomic E-state index is -0.889. The van der Waals surface area contributed by atoms with Gasteiger partial charge in [0.1, 0.15) is 6.04 Å². The molecule has 0 heterocycles. The van der Waals surface area contributed by atoms with E-state index in [1.54, 1.807) is 19.1 Å². The number of rotatable bonds is 8. The fourth-order valence-electron chi connectivity index (χ4n) is 1.92. The van der Waals surface area contributed by atoms with Crippen LogP contribution in [0, 0.1) is 17.0 Å². The molecule has 0 saturated heterocycles. The smallest absolute Gasteiger partial charge is 0.320 e. The van der Waals surface area contributed by atoms with E-state index < -0.39 is 16.9 Å². The van der Waals surface area contributed by atoms with Crippen molar-refractivity contribution in [2.45, 2.75) is 45.7 Å². The Labute approximate surface area is 118 Å². The molecule has 0 fully saturated rings. The van der Waals surface area contributed by atoms with Gasteiger partial charge < -0.3 is 10.4 Å². The van der Waals surface area contributed by atoms with Gasteiger partial charge in [-0.05, 0) is 18.9 Å². The zero-order chi connectivity index (χ0) is 15.1. The van der Waals surface area contributed by atoms with Gasteiger partial charge in [-0.25, -0.2) is 0 Å². The van der Waals surface area contributed by atoms with Crippen LogP contribution in [0.5, 0.6) is 0 Å². The Kier molecular flexibility index (Phi) is 6.11. The molecule has 1 aromatic rings. The zero-order valence-electron chi connectivity index (χ0n) is 11.8. The van der Waals surface area contributed by atoms with Crippen LogP contribution in [0.1, 0.15) is 37.3 Å². The summed E-state index contributed by atoms with van der Waals surface area (Å²) in [5, 5.41) is 22.9. The molecule has 0 aliphatic carbocycles. The van der Waals surface area contributed by atoms with Gasteiger partial charge in [-0.3, -0.25) is 14.9 Å². The third-order valence-electron chi connectivity index (χ3n) is 3.17. The zero-order valence-corrected chi connectivity index (χ0v) is 11.8. The second-order valence-electron chi connectivity index (χ2n) is 4.79. The molecule has 110 valence electrons. The van der Waals surface area contributed by atoms with Crippen LogP contribution >= 0.6 is 0 Å². The van der Waals surface area contributed by atoms with Crippen molar-refractivity contribution in [2.75, 3.05) is 0 Å². The number of nitrogens with zero attached hydrogens (tertiary/aromatic N) is 1. The average Bonchev–Trinajstić information content (AvgIpc) is 2.39. The Balaban J connectivity index is 2.70. The summed E-state index contributed by atoms with van der Waals surface area (Å²) in [7, 11) is 0. The van der Waals surface area contributed by atoms with Crippen molar-refractivity contribution in [1.29, 1.82) is 0 Å². The Morgan fingerprint density at radius 1 is 1.50 bits per heavy atom. The van der Waals surface area contributed by atoms with E-state index in [1.165, 1.54) is 6.07 Å². The highest BCUT2D eigenvalue weighted by molar-refractivity contribution is 5.73. The molecule has 1 aromatic carbocycles. The fourth-order valence-corrected chi connectivity index (χ4v) is 1.92. The standard InChI is InChI=1S/C14H20N2O4/c1-3-4-5-12(14(17)18)15-9-11-7-6-10(2)13(8-11)16(19)20/h6-8,12,15H,3-5,9H2,1-2H3,(H,17,18)/t12-/m0/s1. The number of nitro benzene ring substituents is 1. The minimum Gasteiger partial charge on any atom is -0.480 e. The summed E-state index contributed by atoms with van der Waals surface area (Å²) >= 11 is 0. The Morgan fingerprint density at radius 3 is 2.75 bits per heavy atom. The number of carboxylic acids is 1. The van der Waals surface area contributed by atoms with Crippen molar-refractivity contribution < 1.29 is 14.8 Å². The first-order valence-electron chi connectivity index (χ1n) is 6.65. The number of aryl methyl sites for hydroxylation is 1. The third-order valence-corrected chi connectivity index (χ3v) is 3.17. The van der Waals surface area contributed by atoms with Gasteiger partial charge in [0.05, 0.1) is 4.92 Å². The van der Waals surface area contributed by atoms with Gasteiger partial charge in [-0.15, -0.1) is 0 Å². The second kappa shape index (κ2) is 7.59. The van der Waals surface area contributed by atoms with E-state index in [9.17, 15) is 14.9 Å². The molecule has 0 amide bonds. The number of nitro groups is 1. The molecule has 0 aliphatic heterocycles. The van der Waals surface area contributed by atoms with Crippen LogP contribution in [-0.2, 0) is 11.3 Å². The number of benzene rings is 1. The highest BCUT2D eigenvalue weighted by Crippen LogP contribution is 2.19. The predicted molar refractivity (Wildman–Crippen MR) is 75.6 cm³/mol. The maximum Gasteiger partial charge on any atom is 0.320 e. The molecular formula is C14H20N2O4. The maximum absolute atomic E-state index is 11.1. The number of carbonyl (C=O) groups is 1. The van der Waals surface area contributed by atoms with Crippen molar-refractivity contribution >= 4 is 11.7 Å². The molecule has 0 saturated carbocycles. The molecule has 2 N–H and O–H groups in total. The molecule has 0 unspecified atom stereocenters. The Morgan fingerprint density at radius 2 is 2.20 bits per heavy atom. The highest BCUT2D eigenvalue weighted by atomic mass is 16.6. The molecule has 1 atom stereocenters. The van der Waals surface area contributed by atoms with Crippen molar-refractivity contribution in [2.24, 2.45) is 0 Å². The number of hydrogen-bond acceptors (Lipinski definition) is 4. The van der Waals surface area contributed by atoms with E-state index in [2.05, 4.69) is 5.32 Å². The number of aliphatic carboxylic acids is 1. The van der Waals surface area contributed by atoms with E-state index in [0.717, 1.165) is 12.8 Å². The highest BCUT2D eigenvalue weighted by Gasteiger charge is 2.17. The molecule has 20 heavy (non-hydrogen) atoms. The second-order valence-corrected chi connectivity index (χ2v) is 4.79. The monoisotopic (exact) mass is 280 g/mol. The van der Waals surface area contributed by atoms with Crippen molar-refractivity contribution in [1.82, 2.24) is 5.32 Å². The summed E-state index contributed by atoms with van der Waals surface area (Å²) in [5.74, 6) is -0.889. The minimum absolute atomic E-state index is 0.0599. The molecule has 0 bridgehead atoms. The van der Waals surface area contributed by atoms with Crippen LogP contribution in [0.3, 0.4) is 0 Å². The normalized spacial score (nSPS) is 12.1. The largest absolute Gasteiger partial charge is 0.480 e. The lowest BCUT2D eigenvalue weighted by Gasteiger charge is -2.14. The van der Waals surface area contributed by atoms with E-state index in [4.69, 9.17) is 5.11 Å². The summed E-state index contributed by atoms with van der Waals surface area (Å²) in [6, 6.07) is 4.32. The fraction of sp³-hybridized carbons (Fsp3) is 0.500. The van der Waals surface area contributed by atoms with Gasteiger partial charge in [-0.2, -0.15) is 0 Å². The molecule has 0 aliphatic rings. The van der Waals surface area contributed by atoms with Crippen LogP contribution in [-0.4, -0.2) is 22.0 Å². The van der Waals surface area contributed by atoms with E-state index in [0.29, 0.717) is 24.1 Å². The van der Waals surface area contributed by atoms with Gasteiger partial charge >= 0.3 is 5.97 Å². The number of carboxylic acid groups (broad SMARTS) is 1. The quantitative estimate of drug-likeness (QED) is 0.564. The molecule has 0 aromatic heterocycles. The molecule has 6 nitrogen and oxygen atoms in total. The van der Waals surface area contributed by atoms with Crippen molar-refractivity contribution in [3.63, 3.8) is 0 Å². The lowest BCUT2D eigenvalue weighted by Crippen LogP contribution is -2.36. The summed E-state index contributed by atoms with van der Waals surface area (Å²) in [4.78, 5) is 21.5. The summed E-state index contributed by atoms with van der Waals surface area (Å²) in [6.45, 7) is 3.99. The van der Waals surface area contributed by atoms with Crippen LogP contribution in [0.15, 0.2) is 18.2 Å². The van der Waals surface area contributed by atoms with Gasteiger partial charge in [0, 0.05) is 18.2 Å². The van der Waals surface area contributed by atoms with E-state index in [-0.39, 0.29) is 5.69 Å². The van der Waals surface area contributed by atoms with Crippen LogP contribution in [0.2, 0.25) is 0 Å². The van der Waals surface area contributed by atoms with E-state index >= 15 is 0 Å². The first-order valence-corrected chi connectivity index (χ1v) is 6.65. The first-order chi connectivity index (χ1) is 9.45. The summed E-state index contributed by atoms with van der Waals surface area (Å²) < 4.78 is 0. The van der Waals surface area contributed by atoms with Crippen molar-refractivity contribution in [3.8, 4) is 0 Å². The lowest BCUT2D eigenvalue weighted by atomic mass is 10.1. The van der Waals surface area contributed by atoms with Crippen LogP contribution in [0.25, 0.3) is 0 Å². The Hall–Kier alpha value is -1.95. The van der Waals surface area contributed by atoms with E-state index in [1.807, 2.05) is 6.92 Å². The molecule has 0 radical (unpaired) electrons. The van der Waals surface area contributed by atoms with Crippen LogP contribution in [0.4, 0.5) is 5.69 Å². The topological polar surface area (TPSA) is 92.5 Å². The predicted octanol–water partition coefficient (Wildman–Crippen LogP) is 2.64. The van der Waals surface area contributed by atoms with Gasteiger partial charge in [0.2, 0.25) is 0 Å². The number of unbranched alkanes of at least 4 members (excludes halogenated alkanes) is 1. The maximum atomic E-state index is 11.1. The molecular weight excluding hydrogens is 260 g/mol. The molecule has 1 rings (SSSR count). The van der Waals surface area contributed by atoms with Crippen LogP contribution < -0.4 is 5.32 Å². The average molecular weight is 280 g/mol. The van der Waals surface area contributed by atoms with Gasteiger partial charge in [0.15, 0.2) is 0 Å². The summed E-state index contributed by atoms with van der Waals surface area (Å²) in [5.41, 5.74) is 1.37. The first kappa shape index (κ1) is 16.1. The third kappa shape index (κ3) is 4.62. The molecule has 0 spiro atoms. The molecule has 6 heteroatoms. The number of hydrogen-bond donors (Lipinski definition) is 2. The summed E-state index contributed by atoms with van der Waals surface area (Å²) in [6.07, 6.45) is 2.32. The van der Waals surface area contributed by atoms with Crippen molar-refractivity contribution in [3.05, 3.63) is 39.4 Å². The van der Waals surface area contributed by atoms with Gasteiger partial charge in [-0.1, -0.05) is 31.9 Å². The Bertz CT molecular complexity index is 488. The number of nitrogens with one attached hydrogen (secondary N) is 1. The lowest BCUT2D eigenvalue weighted by molar-refractivity contribution is -0.385. The van der Waals surface area contributed by atoms with Gasteiger partial charge in [0.25, 0.3) is 5.69 Å². The SMILES string of the molecule is CCCC[C@H](NCc1ccc(C)c([N+](=O)[O-])c1)C(=O)O.